The Kier molecular flexibility index (Phi) is 13.6. The first-order valence-corrected chi connectivity index (χ1v) is 15.0. The number of allylic oxidation sites excluding steroid dienone is 7. The van der Waals surface area contributed by atoms with Gasteiger partial charge in [0.15, 0.2) is 0 Å². The van der Waals surface area contributed by atoms with Gasteiger partial charge in [-0.25, -0.2) is 4.79 Å². The second-order valence-corrected chi connectivity index (χ2v) is 10.1. The summed E-state index contributed by atoms with van der Waals surface area (Å²) in [4.78, 5) is 28.3. The third-order valence-corrected chi connectivity index (χ3v) is 7.12. The molecule has 3 rings (SSSR count). The standard InChI is InChI=1S/C36H45N3O3/c1-5-16-33(28-17-11-9-12-18-28)32(7-3)35(40)38-31-23-21-30(22-24-31)37-25-15-26-39(8-4)34(36(41)42-27-6-2)29-19-13-10-14-20-29/h5,7,9-11,13-14,16-17,19-24,34,37H,1,6,8,12,15,18,25-27H2,2-4H3,(H,38,40)/b32-7+,33-16-. The molecule has 0 spiro atoms. The van der Waals surface area contributed by atoms with Crippen molar-refractivity contribution in [1.29, 1.82) is 0 Å². The number of amides is 1. The minimum atomic E-state index is -0.416. The van der Waals surface area contributed by atoms with E-state index >= 15 is 0 Å². The third kappa shape index (κ3) is 9.45. The number of anilines is 2. The van der Waals surface area contributed by atoms with Crippen LogP contribution in [0.1, 0.15) is 58.1 Å². The van der Waals surface area contributed by atoms with Crippen LogP contribution in [0.4, 0.5) is 11.4 Å². The Hall–Kier alpha value is -4.16. The first-order valence-electron chi connectivity index (χ1n) is 15.0. The van der Waals surface area contributed by atoms with E-state index in [1.807, 2.05) is 86.7 Å². The number of nitrogens with one attached hydrogen (secondary N) is 2. The van der Waals surface area contributed by atoms with Crippen LogP contribution in [0, 0.1) is 0 Å². The van der Waals surface area contributed by atoms with Gasteiger partial charge < -0.3 is 15.4 Å². The van der Waals surface area contributed by atoms with E-state index in [1.165, 1.54) is 0 Å². The van der Waals surface area contributed by atoms with Gasteiger partial charge in [-0.05, 0) is 80.1 Å². The van der Waals surface area contributed by atoms with Crippen LogP contribution in [0.15, 0.2) is 114 Å². The molecule has 1 atom stereocenters. The first kappa shape index (κ1) is 32.4. The van der Waals surface area contributed by atoms with Gasteiger partial charge in [0, 0.05) is 30.0 Å². The Bertz CT molecular complexity index is 1290. The number of carbonyl (C=O) groups excluding carboxylic acids is 2. The fourth-order valence-electron chi connectivity index (χ4n) is 4.99. The Labute approximate surface area is 251 Å². The Morgan fingerprint density at radius 3 is 2.43 bits per heavy atom. The molecular weight excluding hydrogens is 522 g/mol. The smallest absolute Gasteiger partial charge is 0.328 e. The number of hydrogen-bond donors (Lipinski definition) is 2. The van der Waals surface area contributed by atoms with E-state index in [0.717, 1.165) is 73.4 Å². The molecule has 42 heavy (non-hydrogen) atoms. The number of rotatable bonds is 16. The molecule has 0 radical (unpaired) electrons. The summed E-state index contributed by atoms with van der Waals surface area (Å²) in [6.07, 6.45) is 15.2. The van der Waals surface area contributed by atoms with Crippen molar-refractivity contribution in [3.8, 4) is 0 Å². The molecule has 0 fully saturated rings. The van der Waals surface area contributed by atoms with Crippen LogP contribution in [-0.2, 0) is 14.3 Å². The average molecular weight is 568 g/mol. The zero-order valence-electron chi connectivity index (χ0n) is 25.3. The fraction of sp³-hybridized carbons (Fsp3) is 0.333. The Balaban J connectivity index is 1.56. The lowest BCUT2D eigenvalue weighted by Gasteiger charge is -2.29. The van der Waals surface area contributed by atoms with Gasteiger partial charge >= 0.3 is 5.97 Å². The molecule has 6 heteroatoms. The zero-order valence-corrected chi connectivity index (χ0v) is 25.3. The molecule has 0 saturated carbocycles. The highest BCUT2D eigenvalue weighted by Gasteiger charge is 2.27. The number of nitrogens with zero attached hydrogens (tertiary/aromatic N) is 1. The topological polar surface area (TPSA) is 70.7 Å². The second kappa shape index (κ2) is 17.6. The maximum Gasteiger partial charge on any atom is 0.328 e. The molecule has 0 heterocycles. The van der Waals surface area contributed by atoms with E-state index in [1.54, 1.807) is 6.08 Å². The van der Waals surface area contributed by atoms with Crippen LogP contribution in [-0.4, -0.2) is 43.0 Å². The summed E-state index contributed by atoms with van der Waals surface area (Å²) in [5, 5.41) is 6.49. The van der Waals surface area contributed by atoms with Crippen LogP contribution in [0.2, 0.25) is 0 Å². The summed E-state index contributed by atoms with van der Waals surface area (Å²) in [7, 11) is 0. The number of ether oxygens (including phenoxy) is 1. The quantitative estimate of drug-likeness (QED) is 0.0938. The molecule has 2 aromatic carbocycles. The summed E-state index contributed by atoms with van der Waals surface area (Å²) in [5.41, 5.74) is 5.32. The lowest BCUT2D eigenvalue weighted by Crippen LogP contribution is -2.36. The summed E-state index contributed by atoms with van der Waals surface area (Å²) < 4.78 is 5.54. The molecule has 0 bridgehead atoms. The molecule has 1 aliphatic rings. The summed E-state index contributed by atoms with van der Waals surface area (Å²) in [6, 6.07) is 17.2. The third-order valence-electron chi connectivity index (χ3n) is 7.12. The highest BCUT2D eigenvalue weighted by atomic mass is 16.5. The van der Waals surface area contributed by atoms with E-state index < -0.39 is 6.04 Å². The SMILES string of the molecule is C=C/C=C(C1=CC=CCC1)\C(=C/C)C(=O)Nc1ccc(NCCCN(CC)C(C(=O)OCCC)c2ccccc2)cc1. The van der Waals surface area contributed by atoms with Crippen molar-refractivity contribution in [2.75, 3.05) is 36.9 Å². The number of likely N-dealkylation sites (N-methyl/N-ethyl adjacent to an activating group) is 1. The molecule has 1 amide bonds. The average Bonchev–Trinajstić information content (AvgIpc) is 3.03. The highest BCUT2D eigenvalue weighted by Crippen LogP contribution is 2.28. The monoisotopic (exact) mass is 567 g/mol. The molecule has 2 N–H and O–H groups in total. The molecule has 0 aliphatic heterocycles. The van der Waals surface area contributed by atoms with Crippen molar-refractivity contribution in [3.63, 3.8) is 0 Å². The van der Waals surface area contributed by atoms with E-state index in [-0.39, 0.29) is 11.9 Å². The number of benzene rings is 2. The lowest BCUT2D eigenvalue weighted by atomic mass is 9.90. The maximum absolute atomic E-state index is 13.2. The van der Waals surface area contributed by atoms with E-state index in [4.69, 9.17) is 4.74 Å². The summed E-state index contributed by atoms with van der Waals surface area (Å²) in [6.45, 7) is 12.5. The van der Waals surface area contributed by atoms with Gasteiger partial charge in [-0.2, -0.15) is 0 Å². The number of carbonyl (C=O) groups is 2. The molecule has 6 nitrogen and oxygen atoms in total. The van der Waals surface area contributed by atoms with Crippen LogP contribution in [0.3, 0.4) is 0 Å². The van der Waals surface area contributed by atoms with Crippen molar-refractivity contribution in [2.24, 2.45) is 0 Å². The van der Waals surface area contributed by atoms with Crippen LogP contribution in [0.25, 0.3) is 0 Å². The number of hydrogen-bond acceptors (Lipinski definition) is 5. The van der Waals surface area contributed by atoms with Crippen LogP contribution >= 0.6 is 0 Å². The molecule has 0 aromatic heterocycles. The normalized spacial score (nSPS) is 14.2. The van der Waals surface area contributed by atoms with Gasteiger partial charge in [0.25, 0.3) is 5.91 Å². The molecule has 0 saturated heterocycles. The second-order valence-electron chi connectivity index (χ2n) is 10.1. The number of esters is 1. The predicted molar refractivity (Wildman–Crippen MR) is 174 cm³/mol. The van der Waals surface area contributed by atoms with Crippen molar-refractivity contribution in [2.45, 2.75) is 52.5 Å². The highest BCUT2D eigenvalue weighted by molar-refractivity contribution is 6.07. The Morgan fingerprint density at radius 2 is 1.81 bits per heavy atom. The van der Waals surface area contributed by atoms with Gasteiger partial charge in [-0.15, -0.1) is 0 Å². The summed E-state index contributed by atoms with van der Waals surface area (Å²) in [5.74, 6) is -0.345. The molecule has 1 aliphatic carbocycles. The van der Waals surface area contributed by atoms with Crippen LogP contribution < -0.4 is 10.6 Å². The van der Waals surface area contributed by atoms with Gasteiger partial charge in [-0.1, -0.05) is 87.2 Å². The van der Waals surface area contributed by atoms with Crippen molar-refractivity contribution in [3.05, 3.63) is 120 Å². The molecule has 222 valence electrons. The lowest BCUT2D eigenvalue weighted by molar-refractivity contribution is -0.150. The van der Waals surface area contributed by atoms with E-state index in [2.05, 4.69) is 41.2 Å². The largest absolute Gasteiger partial charge is 0.464 e. The minimum Gasteiger partial charge on any atom is -0.464 e. The molecular formula is C36H45N3O3. The molecule has 2 aromatic rings. The Morgan fingerprint density at radius 1 is 1.07 bits per heavy atom. The van der Waals surface area contributed by atoms with Crippen molar-refractivity contribution < 1.29 is 14.3 Å². The summed E-state index contributed by atoms with van der Waals surface area (Å²) >= 11 is 0. The van der Waals surface area contributed by atoms with Gasteiger partial charge in [0.2, 0.25) is 0 Å². The van der Waals surface area contributed by atoms with Crippen molar-refractivity contribution in [1.82, 2.24) is 4.90 Å². The van der Waals surface area contributed by atoms with E-state index in [0.29, 0.717) is 12.2 Å². The van der Waals surface area contributed by atoms with Crippen molar-refractivity contribution >= 4 is 23.3 Å². The van der Waals surface area contributed by atoms with E-state index in [9.17, 15) is 9.59 Å². The molecule has 1 unspecified atom stereocenters. The zero-order chi connectivity index (χ0) is 30.2. The van der Waals surface area contributed by atoms with Gasteiger partial charge in [0.05, 0.1) is 6.61 Å². The van der Waals surface area contributed by atoms with Gasteiger partial charge in [0.1, 0.15) is 6.04 Å². The first-order chi connectivity index (χ1) is 20.5. The van der Waals surface area contributed by atoms with Gasteiger partial charge in [-0.3, -0.25) is 9.69 Å². The fourth-order valence-corrected chi connectivity index (χ4v) is 4.99. The minimum absolute atomic E-state index is 0.146. The maximum atomic E-state index is 13.2. The predicted octanol–water partition coefficient (Wildman–Crippen LogP) is 7.78. The van der Waals surface area contributed by atoms with Crippen LogP contribution in [0.5, 0.6) is 0 Å².